The first-order chi connectivity index (χ1) is 11.4. The number of benzene rings is 1. The Bertz CT molecular complexity index is 692. The lowest BCUT2D eigenvalue weighted by Gasteiger charge is -2.15. The Morgan fingerprint density at radius 3 is 1.94 bits per heavy atom. The highest BCUT2D eigenvalue weighted by Gasteiger charge is 2.22. The maximum atomic E-state index is 12.3. The maximum absolute atomic E-state index is 12.3. The molecule has 1 aliphatic rings. The van der Waals surface area contributed by atoms with Crippen molar-refractivity contribution in [1.82, 2.24) is 0 Å². The molecule has 0 radical (unpaired) electrons. The molecule has 0 aromatic heterocycles. The Morgan fingerprint density at radius 1 is 0.848 bits per heavy atom. The van der Waals surface area contributed by atoms with Crippen LogP contribution in [0.4, 0.5) is 0 Å². The summed E-state index contributed by atoms with van der Waals surface area (Å²) in [4.78, 5) is 24.3. The molecular weight excluding hydrogens is 420 g/mol. The number of phenols is 2. The number of carbonyl (C=O) groups excluding carboxylic acids is 2. The summed E-state index contributed by atoms with van der Waals surface area (Å²) < 4.78 is 5.27. The van der Waals surface area contributed by atoms with Crippen LogP contribution in [0.1, 0.15) is 103 Å². The van der Waals surface area contributed by atoms with Crippen molar-refractivity contribution in [2.45, 2.75) is 105 Å². The van der Waals surface area contributed by atoms with Crippen LogP contribution in [0.25, 0.3) is 0 Å². The van der Waals surface area contributed by atoms with Gasteiger partial charge < -0.3 is 20.1 Å². The van der Waals surface area contributed by atoms with E-state index in [1.807, 2.05) is 0 Å². The molecule has 2 rings (SSSR count). The second-order valence-corrected chi connectivity index (χ2v) is 5.73. The molecule has 6 nitrogen and oxygen atoms in total. The maximum Gasteiger partial charge on any atom is 0.342 e. The van der Waals surface area contributed by atoms with Gasteiger partial charge in [-0.3, -0.25) is 4.79 Å². The number of aromatic hydroxyl groups is 2. The second kappa shape index (κ2) is 24.1. The van der Waals surface area contributed by atoms with Gasteiger partial charge in [0.05, 0.1) is 6.10 Å². The van der Waals surface area contributed by atoms with E-state index in [-0.39, 0.29) is 102 Å². The highest BCUT2D eigenvalue weighted by atomic mass is 16.5. The number of carbonyl (C=O) groups is 2. The molecule has 0 aliphatic carbocycles. The van der Waals surface area contributed by atoms with Crippen molar-refractivity contribution < 1.29 is 29.6 Å². The molecule has 200 valence electrons. The Balaban J connectivity index is -0.000000116. The van der Waals surface area contributed by atoms with E-state index in [2.05, 4.69) is 0 Å². The number of hydrogen-bond acceptors (Lipinski definition) is 6. The number of aliphatic hydroxyl groups excluding tert-OH is 1. The van der Waals surface area contributed by atoms with Gasteiger partial charge in [0, 0.05) is 18.9 Å². The van der Waals surface area contributed by atoms with Crippen molar-refractivity contribution in [2.24, 2.45) is 0 Å². The van der Waals surface area contributed by atoms with Crippen LogP contribution in [-0.2, 0) is 16.0 Å². The number of esters is 1. The van der Waals surface area contributed by atoms with Gasteiger partial charge in [0.15, 0.2) is 5.78 Å². The number of ether oxygens (including phenoxy) is 1. The Kier molecular flexibility index (Phi) is 38.2. The van der Waals surface area contributed by atoms with E-state index >= 15 is 0 Å². The molecule has 33 heavy (non-hydrogen) atoms. The molecule has 3 N–H and O–H groups in total. The van der Waals surface area contributed by atoms with Crippen molar-refractivity contribution in [2.75, 3.05) is 0 Å². The first-order valence-corrected chi connectivity index (χ1v) is 7.66. The van der Waals surface area contributed by atoms with Gasteiger partial charge in [-0.1, -0.05) is 85.1 Å². The number of ketones is 1. The highest BCUT2D eigenvalue weighted by Crippen LogP contribution is 2.29. The molecule has 6 heteroatoms. The van der Waals surface area contributed by atoms with Gasteiger partial charge in [0.25, 0.3) is 0 Å². The molecule has 0 bridgehead atoms. The van der Waals surface area contributed by atoms with Crippen molar-refractivity contribution in [3.05, 3.63) is 47.6 Å². The predicted molar refractivity (Wildman–Crippen MR) is 147 cm³/mol. The molecule has 1 aliphatic heterocycles. The summed E-state index contributed by atoms with van der Waals surface area (Å²) in [7, 11) is 0. The van der Waals surface area contributed by atoms with Crippen molar-refractivity contribution in [3.8, 4) is 11.5 Å². The molecule has 2 atom stereocenters. The average Bonchev–Trinajstić information content (AvgIpc) is 2.45. The number of allylic oxidation sites excluding steroid dienone is 1. The predicted octanol–water partition coefficient (Wildman–Crippen LogP) is 7.75. The van der Waals surface area contributed by atoms with Crippen LogP contribution in [-0.4, -0.2) is 39.3 Å². The zero-order valence-corrected chi connectivity index (χ0v) is 13.3. The summed E-state index contributed by atoms with van der Waals surface area (Å²) in [5.41, 5.74) is 0.0648. The largest absolute Gasteiger partial charge is 0.508 e. The molecular formula is C27H56O6. The monoisotopic (exact) mass is 476 g/mol. The molecule has 1 aromatic carbocycles. The zero-order valence-electron chi connectivity index (χ0n) is 13.3. The van der Waals surface area contributed by atoms with Gasteiger partial charge in [-0.05, 0) is 31.1 Å². The summed E-state index contributed by atoms with van der Waals surface area (Å²) in [6.07, 6.45) is 5.44. The smallest absolute Gasteiger partial charge is 0.342 e. The van der Waals surface area contributed by atoms with Crippen LogP contribution in [0.5, 0.6) is 11.5 Å². The number of fused-ring (bicyclic) bond motifs is 1. The Hall–Kier alpha value is -2.60. The van der Waals surface area contributed by atoms with Crippen LogP contribution < -0.4 is 0 Å². The minimum atomic E-state index is -0.766. The number of aliphatic hydroxyl groups is 1. The SMILES string of the molecule is C.C.C.C.C.C.C.C.C.C[C@@H]1C/C=C/[C@H](O)C/C=C/C(=O)Cc2cc(O)cc(O)c2C(=O)O1. The Morgan fingerprint density at radius 2 is 1.39 bits per heavy atom. The van der Waals surface area contributed by atoms with E-state index in [1.165, 1.54) is 12.1 Å². The minimum absolute atomic E-state index is 0. The van der Waals surface area contributed by atoms with E-state index in [1.54, 1.807) is 25.2 Å². The number of hydrogen-bond donors (Lipinski definition) is 3. The van der Waals surface area contributed by atoms with Gasteiger partial charge in [0.1, 0.15) is 23.2 Å². The third-order valence-corrected chi connectivity index (χ3v) is 3.57. The average molecular weight is 477 g/mol. The molecule has 0 spiro atoms. The third-order valence-electron chi connectivity index (χ3n) is 3.57. The van der Waals surface area contributed by atoms with Gasteiger partial charge in [-0.15, -0.1) is 0 Å². The van der Waals surface area contributed by atoms with Crippen molar-refractivity contribution in [1.29, 1.82) is 0 Å². The van der Waals surface area contributed by atoms with Crippen LogP contribution in [0, 0.1) is 0 Å². The first-order valence-electron chi connectivity index (χ1n) is 7.66. The summed E-state index contributed by atoms with van der Waals surface area (Å²) in [5.74, 6) is -1.77. The van der Waals surface area contributed by atoms with Gasteiger partial charge in [-0.25, -0.2) is 4.79 Å². The first kappa shape index (κ1) is 52.4. The lowest BCUT2D eigenvalue weighted by atomic mass is 10.00. The fraction of sp³-hybridized carbons (Fsp3) is 0.556. The molecule has 0 unspecified atom stereocenters. The molecule has 0 amide bonds. The molecule has 0 saturated heterocycles. The standard InChI is InChI=1S/C18H20O6.9CH4/c1-11-4-2-5-13(19)6-3-7-14(20)8-12-9-15(21)10-16(22)17(12)18(23)24-11;;;;;;;;;/h2-3,5,7,9-11,13,19,21-22H,4,6,8H2,1H3;9*1H4/b5-2+,7-3+;;;;;;;;;/t11-,13+;;;;;;;;;/m1........./s1. The fourth-order valence-electron chi connectivity index (χ4n) is 2.43. The lowest BCUT2D eigenvalue weighted by molar-refractivity contribution is -0.114. The van der Waals surface area contributed by atoms with Crippen LogP contribution >= 0.6 is 0 Å². The van der Waals surface area contributed by atoms with Gasteiger partial charge >= 0.3 is 5.97 Å². The van der Waals surface area contributed by atoms with Gasteiger partial charge in [0.2, 0.25) is 0 Å². The van der Waals surface area contributed by atoms with E-state index in [4.69, 9.17) is 4.74 Å². The number of cyclic esters (lactones) is 1. The van der Waals surface area contributed by atoms with E-state index in [0.717, 1.165) is 6.07 Å². The minimum Gasteiger partial charge on any atom is -0.508 e. The topological polar surface area (TPSA) is 104 Å². The highest BCUT2D eigenvalue weighted by molar-refractivity contribution is 5.98. The molecule has 1 aromatic rings. The molecule has 1 heterocycles. The van der Waals surface area contributed by atoms with Crippen LogP contribution in [0.2, 0.25) is 0 Å². The fourth-order valence-corrected chi connectivity index (χ4v) is 2.43. The second-order valence-electron chi connectivity index (χ2n) is 5.73. The van der Waals surface area contributed by atoms with E-state index in [9.17, 15) is 24.9 Å². The Labute approximate surface area is 206 Å². The summed E-state index contributed by atoms with van der Waals surface area (Å²) in [5, 5.41) is 29.3. The summed E-state index contributed by atoms with van der Waals surface area (Å²) in [6.45, 7) is 1.68. The van der Waals surface area contributed by atoms with Crippen LogP contribution in [0.15, 0.2) is 36.4 Å². The van der Waals surface area contributed by atoms with Crippen molar-refractivity contribution in [3.63, 3.8) is 0 Å². The quantitative estimate of drug-likeness (QED) is 0.261. The third kappa shape index (κ3) is 15.8. The molecule has 0 saturated carbocycles. The van der Waals surface area contributed by atoms with Gasteiger partial charge in [-0.2, -0.15) is 0 Å². The lowest BCUT2D eigenvalue weighted by Crippen LogP contribution is -2.17. The summed E-state index contributed by atoms with van der Waals surface area (Å²) >= 11 is 0. The number of rotatable bonds is 0. The van der Waals surface area contributed by atoms with Crippen LogP contribution in [0.3, 0.4) is 0 Å². The van der Waals surface area contributed by atoms with Crippen molar-refractivity contribution >= 4 is 11.8 Å². The normalized spacial score (nSPS) is 18.4. The molecule has 0 fully saturated rings. The summed E-state index contributed by atoms with van der Waals surface area (Å²) in [6, 6.07) is 2.29. The van der Waals surface area contributed by atoms with E-state index in [0.29, 0.717) is 6.42 Å². The zero-order chi connectivity index (χ0) is 17.7. The van der Waals surface area contributed by atoms with E-state index < -0.39 is 23.9 Å². The number of phenolic OH excluding ortho intramolecular Hbond substituents is 2.